The molecule has 2 aromatic rings. The molecule has 3 rings (SSSR count). The van der Waals surface area contributed by atoms with Gasteiger partial charge >= 0.3 is 0 Å². The van der Waals surface area contributed by atoms with Crippen molar-refractivity contribution in [3.05, 3.63) is 47.1 Å². The van der Waals surface area contributed by atoms with Crippen LogP contribution < -0.4 is 9.80 Å². The molecule has 0 spiro atoms. The SMILES string of the molecule is CN(C)c1cccc(CN2CCC(N(C)c3ccc(Cl)nn3)CC2)c1. The molecule has 1 aliphatic rings. The summed E-state index contributed by atoms with van der Waals surface area (Å²) < 4.78 is 0. The fourth-order valence-corrected chi connectivity index (χ4v) is 3.44. The normalized spacial score (nSPS) is 16.0. The average molecular weight is 360 g/mol. The quantitative estimate of drug-likeness (QED) is 0.818. The van der Waals surface area contributed by atoms with Gasteiger partial charge in [-0.2, -0.15) is 0 Å². The van der Waals surface area contributed by atoms with E-state index in [1.807, 2.05) is 6.07 Å². The molecule has 5 nitrogen and oxygen atoms in total. The molecule has 0 bridgehead atoms. The molecule has 2 heterocycles. The fraction of sp³-hybridized carbons (Fsp3) is 0.474. The van der Waals surface area contributed by atoms with Crippen LogP contribution in [0.4, 0.5) is 11.5 Å². The van der Waals surface area contributed by atoms with Gasteiger partial charge in [-0.1, -0.05) is 23.7 Å². The van der Waals surface area contributed by atoms with Crippen LogP contribution in [0.1, 0.15) is 18.4 Å². The lowest BCUT2D eigenvalue weighted by Crippen LogP contribution is -2.43. The highest BCUT2D eigenvalue weighted by atomic mass is 35.5. The number of rotatable bonds is 5. The van der Waals surface area contributed by atoms with Crippen LogP contribution in [-0.4, -0.2) is 55.4 Å². The molecular weight excluding hydrogens is 334 g/mol. The molecule has 0 aliphatic carbocycles. The molecule has 6 heteroatoms. The van der Waals surface area contributed by atoms with Gasteiger partial charge < -0.3 is 9.80 Å². The van der Waals surface area contributed by atoms with Gasteiger partial charge in [0, 0.05) is 52.5 Å². The van der Waals surface area contributed by atoms with Crippen molar-refractivity contribution in [1.29, 1.82) is 0 Å². The number of piperidine rings is 1. The molecule has 1 aromatic heterocycles. The van der Waals surface area contributed by atoms with Crippen molar-refractivity contribution in [3.63, 3.8) is 0 Å². The number of nitrogens with zero attached hydrogens (tertiary/aromatic N) is 5. The van der Waals surface area contributed by atoms with E-state index in [-0.39, 0.29) is 0 Å². The topological polar surface area (TPSA) is 35.5 Å². The van der Waals surface area contributed by atoms with Crippen LogP contribution >= 0.6 is 11.6 Å². The second kappa shape index (κ2) is 8.02. The van der Waals surface area contributed by atoms with Crippen LogP contribution in [0, 0.1) is 0 Å². The molecule has 0 atom stereocenters. The maximum atomic E-state index is 5.83. The van der Waals surface area contributed by atoms with E-state index >= 15 is 0 Å². The van der Waals surface area contributed by atoms with Crippen LogP contribution in [0.2, 0.25) is 5.15 Å². The predicted molar refractivity (Wildman–Crippen MR) is 105 cm³/mol. The van der Waals surface area contributed by atoms with Gasteiger partial charge in [0.25, 0.3) is 0 Å². The first-order chi connectivity index (χ1) is 12.0. The van der Waals surface area contributed by atoms with Crippen molar-refractivity contribution >= 4 is 23.1 Å². The Hall–Kier alpha value is -1.85. The van der Waals surface area contributed by atoms with E-state index in [1.54, 1.807) is 6.07 Å². The number of hydrogen-bond acceptors (Lipinski definition) is 5. The molecule has 1 aromatic carbocycles. The van der Waals surface area contributed by atoms with E-state index in [9.17, 15) is 0 Å². The van der Waals surface area contributed by atoms with Crippen molar-refractivity contribution in [1.82, 2.24) is 15.1 Å². The first-order valence-corrected chi connectivity index (χ1v) is 9.11. The van der Waals surface area contributed by atoms with Crippen LogP contribution in [0.15, 0.2) is 36.4 Å². The largest absolute Gasteiger partial charge is 0.378 e. The molecule has 0 unspecified atom stereocenters. The minimum Gasteiger partial charge on any atom is -0.378 e. The van der Waals surface area contributed by atoms with Crippen LogP contribution in [0.25, 0.3) is 0 Å². The van der Waals surface area contributed by atoms with Gasteiger partial charge in [-0.15, -0.1) is 10.2 Å². The summed E-state index contributed by atoms with van der Waals surface area (Å²) in [6, 6.07) is 13.0. The lowest BCUT2D eigenvalue weighted by Gasteiger charge is -2.37. The maximum absolute atomic E-state index is 5.83. The maximum Gasteiger partial charge on any atom is 0.151 e. The summed E-state index contributed by atoms with van der Waals surface area (Å²) in [6.07, 6.45) is 2.27. The molecular formula is C19H26ClN5. The number of aromatic nitrogens is 2. The summed E-state index contributed by atoms with van der Waals surface area (Å²) in [4.78, 5) is 6.91. The van der Waals surface area contributed by atoms with Crippen LogP contribution in [-0.2, 0) is 6.54 Å². The Kier molecular flexibility index (Phi) is 5.76. The standard InChI is InChI=1S/C19H26ClN5/c1-23(2)17-6-4-5-15(13-17)14-25-11-9-16(10-12-25)24(3)19-8-7-18(20)21-22-19/h4-8,13,16H,9-12,14H2,1-3H3. The number of hydrogen-bond donors (Lipinski definition) is 0. The zero-order chi connectivity index (χ0) is 17.8. The average Bonchev–Trinajstić information content (AvgIpc) is 2.63. The van der Waals surface area contributed by atoms with Gasteiger partial charge in [-0.25, -0.2) is 0 Å². The molecule has 1 saturated heterocycles. The van der Waals surface area contributed by atoms with Gasteiger partial charge in [-0.05, 0) is 42.7 Å². The first kappa shape index (κ1) is 18.0. The Morgan fingerprint density at radius 1 is 1.08 bits per heavy atom. The molecule has 1 aliphatic heterocycles. The highest BCUT2D eigenvalue weighted by Gasteiger charge is 2.23. The second-order valence-corrected chi connectivity index (χ2v) is 7.28. The summed E-state index contributed by atoms with van der Waals surface area (Å²) in [5, 5.41) is 8.58. The molecule has 0 radical (unpaired) electrons. The third-order valence-electron chi connectivity index (χ3n) is 4.92. The van der Waals surface area contributed by atoms with E-state index in [2.05, 4.69) is 70.3 Å². The zero-order valence-corrected chi connectivity index (χ0v) is 15.9. The van der Waals surface area contributed by atoms with E-state index in [1.165, 1.54) is 11.3 Å². The number of anilines is 2. The third kappa shape index (κ3) is 4.61. The highest BCUT2D eigenvalue weighted by molar-refractivity contribution is 6.29. The van der Waals surface area contributed by atoms with Crippen molar-refractivity contribution < 1.29 is 0 Å². The molecule has 0 saturated carbocycles. The molecule has 1 fully saturated rings. The van der Waals surface area contributed by atoms with Gasteiger partial charge in [0.05, 0.1) is 0 Å². The summed E-state index contributed by atoms with van der Waals surface area (Å²) >= 11 is 5.83. The molecule has 134 valence electrons. The highest BCUT2D eigenvalue weighted by Crippen LogP contribution is 2.22. The lowest BCUT2D eigenvalue weighted by molar-refractivity contribution is 0.203. The van der Waals surface area contributed by atoms with Crippen molar-refractivity contribution in [2.75, 3.05) is 44.0 Å². The Bertz CT molecular complexity index is 680. The van der Waals surface area contributed by atoms with Gasteiger partial charge in [0.1, 0.15) is 0 Å². The van der Waals surface area contributed by atoms with Gasteiger partial charge in [0.15, 0.2) is 11.0 Å². The van der Waals surface area contributed by atoms with E-state index in [0.29, 0.717) is 11.2 Å². The van der Waals surface area contributed by atoms with E-state index in [0.717, 1.165) is 38.3 Å². The molecule has 25 heavy (non-hydrogen) atoms. The van der Waals surface area contributed by atoms with Crippen LogP contribution in [0.5, 0.6) is 0 Å². The second-order valence-electron chi connectivity index (χ2n) is 6.90. The van der Waals surface area contributed by atoms with E-state index < -0.39 is 0 Å². The summed E-state index contributed by atoms with van der Waals surface area (Å²) in [7, 11) is 6.26. The molecule has 0 amide bonds. The summed E-state index contributed by atoms with van der Waals surface area (Å²) in [6.45, 7) is 3.21. The smallest absolute Gasteiger partial charge is 0.151 e. The van der Waals surface area contributed by atoms with Crippen molar-refractivity contribution in [3.8, 4) is 0 Å². The number of halogens is 1. The predicted octanol–water partition coefficient (Wildman–Crippen LogP) is 3.30. The van der Waals surface area contributed by atoms with Gasteiger partial charge in [0.2, 0.25) is 0 Å². The third-order valence-corrected chi connectivity index (χ3v) is 5.12. The van der Waals surface area contributed by atoms with Crippen molar-refractivity contribution in [2.45, 2.75) is 25.4 Å². The zero-order valence-electron chi connectivity index (χ0n) is 15.2. The minimum atomic E-state index is 0.437. The first-order valence-electron chi connectivity index (χ1n) is 8.73. The number of likely N-dealkylation sites (tertiary alicyclic amines) is 1. The van der Waals surface area contributed by atoms with Gasteiger partial charge in [-0.3, -0.25) is 4.90 Å². The van der Waals surface area contributed by atoms with E-state index in [4.69, 9.17) is 11.6 Å². The Labute approximate surface area is 155 Å². The Balaban J connectivity index is 1.55. The number of benzene rings is 1. The Morgan fingerprint density at radius 3 is 2.48 bits per heavy atom. The minimum absolute atomic E-state index is 0.437. The summed E-state index contributed by atoms with van der Waals surface area (Å²) in [5.74, 6) is 0.890. The Morgan fingerprint density at radius 2 is 1.84 bits per heavy atom. The fourth-order valence-electron chi connectivity index (χ4n) is 3.34. The summed E-state index contributed by atoms with van der Waals surface area (Å²) in [5.41, 5.74) is 2.63. The monoisotopic (exact) mass is 359 g/mol. The lowest BCUT2D eigenvalue weighted by atomic mass is 10.0. The van der Waals surface area contributed by atoms with Crippen LogP contribution in [0.3, 0.4) is 0 Å². The molecule has 0 N–H and O–H groups in total. The van der Waals surface area contributed by atoms with Crippen molar-refractivity contribution in [2.24, 2.45) is 0 Å².